The number of rotatable bonds is 8. The maximum atomic E-state index is 13.2. The van der Waals surface area contributed by atoms with Gasteiger partial charge in [-0.3, -0.25) is 14.4 Å². The number of aliphatic hydroxyl groups excluding tert-OH is 2. The van der Waals surface area contributed by atoms with E-state index in [1.807, 2.05) is 58.9 Å². The fourth-order valence-corrected chi connectivity index (χ4v) is 8.62. The Kier molecular flexibility index (Phi) is 8.74. The van der Waals surface area contributed by atoms with Gasteiger partial charge in [0.1, 0.15) is 34.2 Å². The molecule has 3 aliphatic rings. The highest BCUT2D eigenvalue weighted by atomic mass is 16.5. The van der Waals surface area contributed by atoms with E-state index in [-0.39, 0.29) is 30.1 Å². The summed E-state index contributed by atoms with van der Waals surface area (Å²) in [5.74, 6) is -1.39. The topological polar surface area (TPSA) is 121 Å². The predicted molar refractivity (Wildman–Crippen MR) is 187 cm³/mol. The van der Waals surface area contributed by atoms with Crippen molar-refractivity contribution < 1.29 is 34.4 Å². The zero-order chi connectivity index (χ0) is 35.7. The number of aryl methyl sites for hydroxylation is 1. The maximum absolute atomic E-state index is 13.2. The van der Waals surface area contributed by atoms with Crippen LogP contribution in [0.5, 0.6) is 5.75 Å². The molecule has 0 amide bonds. The van der Waals surface area contributed by atoms with Gasteiger partial charge in [-0.25, -0.2) is 0 Å². The molecule has 2 aromatic carbocycles. The molecule has 3 aliphatic carbocycles. The van der Waals surface area contributed by atoms with Gasteiger partial charge < -0.3 is 20.1 Å². The Morgan fingerprint density at radius 3 is 2.23 bits per heavy atom. The number of Topliss-reactive ketones (excluding diaryl/α,β-unsaturated/α-hetero) is 3. The number of hydrogen-bond acceptors (Lipinski definition) is 7. The van der Waals surface area contributed by atoms with E-state index in [1.54, 1.807) is 6.92 Å². The third-order valence-electron chi connectivity index (χ3n) is 10.6. The third kappa shape index (κ3) is 5.74. The van der Waals surface area contributed by atoms with Crippen molar-refractivity contribution in [2.75, 3.05) is 0 Å². The number of carbonyl (C=O) groups excluding carboxylic acids is 3. The van der Waals surface area contributed by atoms with Crippen molar-refractivity contribution in [2.24, 2.45) is 10.8 Å². The predicted octanol–water partition coefficient (Wildman–Crippen LogP) is 7.94. The Labute approximate surface area is 284 Å². The van der Waals surface area contributed by atoms with Crippen LogP contribution >= 0.6 is 0 Å². The molecule has 3 atom stereocenters. The summed E-state index contributed by atoms with van der Waals surface area (Å²) in [7, 11) is 0. The summed E-state index contributed by atoms with van der Waals surface area (Å²) in [5.41, 5.74) is 1.99. The van der Waals surface area contributed by atoms with Crippen LogP contribution in [0.25, 0.3) is 5.57 Å². The van der Waals surface area contributed by atoms with Gasteiger partial charge in [-0.2, -0.15) is 0 Å². The number of ketones is 3. The Morgan fingerprint density at radius 2 is 1.67 bits per heavy atom. The van der Waals surface area contributed by atoms with Gasteiger partial charge in [0.2, 0.25) is 0 Å². The van der Waals surface area contributed by atoms with Crippen LogP contribution in [0.2, 0.25) is 0 Å². The molecule has 0 bridgehead atoms. The molecule has 3 N–H and O–H groups in total. The second kappa shape index (κ2) is 11.9. The van der Waals surface area contributed by atoms with E-state index in [0.29, 0.717) is 36.8 Å². The van der Waals surface area contributed by atoms with Gasteiger partial charge in [0, 0.05) is 35.7 Å². The summed E-state index contributed by atoms with van der Waals surface area (Å²) in [4.78, 5) is 38.7. The first-order chi connectivity index (χ1) is 22.1. The number of allylic oxidation sites excluding steroid dienone is 3. The van der Waals surface area contributed by atoms with Crippen LogP contribution < -0.4 is 4.74 Å². The van der Waals surface area contributed by atoms with Crippen LogP contribution in [0.15, 0.2) is 59.6 Å². The van der Waals surface area contributed by atoms with E-state index in [0.717, 1.165) is 39.1 Å². The highest BCUT2D eigenvalue weighted by Gasteiger charge is 2.66. The molecule has 0 saturated carbocycles. The van der Waals surface area contributed by atoms with Crippen molar-refractivity contribution in [3.05, 3.63) is 93.0 Å². The van der Waals surface area contributed by atoms with E-state index < -0.39 is 45.1 Å². The van der Waals surface area contributed by atoms with Gasteiger partial charge in [0.25, 0.3) is 0 Å². The van der Waals surface area contributed by atoms with Gasteiger partial charge in [-0.05, 0) is 111 Å². The lowest BCUT2D eigenvalue weighted by atomic mass is 9.48. The molecule has 7 nitrogen and oxygen atoms in total. The number of aliphatic hydroxyl groups is 3. The Balaban J connectivity index is 1.51. The van der Waals surface area contributed by atoms with Gasteiger partial charge in [0.15, 0.2) is 17.2 Å². The van der Waals surface area contributed by atoms with E-state index in [1.165, 1.54) is 6.92 Å². The highest BCUT2D eigenvalue weighted by Crippen LogP contribution is 2.65. The monoisotopic (exact) mass is 654 g/mol. The van der Waals surface area contributed by atoms with E-state index >= 15 is 0 Å². The van der Waals surface area contributed by atoms with E-state index in [9.17, 15) is 29.7 Å². The molecule has 256 valence electrons. The molecule has 0 unspecified atom stereocenters. The Hall–Kier alpha value is -3.97. The van der Waals surface area contributed by atoms with Crippen molar-refractivity contribution in [2.45, 2.75) is 118 Å². The van der Waals surface area contributed by atoms with Crippen LogP contribution in [-0.4, -0.2) is 43.9 Å². The smallest absolute Gasteiger partial charge is 0.185 e. The lowest BCUT2D eigenvalue weighted by molar-refractivity contribution is -0.141. The fraction of sp³-hybridized carbons (Fsp3) is 0.488. The molecule has 0 saturated heterocycles. The van der Waals surface area contributed by atoms with Crippen molar-refractivity contribution in [1.82, 2.24) is 0 Å². The average Bonchev–Trinajstić information content (AvgIpc) is 2.94. The molecular formula is C41H50O7. The van der Waals surface area contributed by atoms with Gasteiger partial charge >= 0.3 is 0 Å². The summed E-state index contributed by atoms with van der Waals surface area (Å²) in [5, 5.41) is 35.4. The molecule has 0 spiro atoms. The summed E-state index contributed by atoms with van der Waals surface area (Å²) in [6, 6.07) is 9.85. The third-order valence-corrected chi connectivity index (χ3v) is 10.6. The van der Waals surface area contributed by atoms with Crippen molar-refractivity contribution >= 4 is 22.9 Å². The molecule has 48 heavy (non-hydrogen) atoms. The molecular weight excluding hydrogens is 604 g/mol. The number of benzene rings is 2. The number of carbonyl (C=O) groups is 3. The summed E-state index contributed by atoms with van der Waals surface area (Å²) >= 11 is 0. The number of hydrogen-bond donors (Lipinski definition) is 3. The lowest BCUT2D eigenvalue weighted by Gasteiger charge is -2.57. The average molecular weight is 655 g/mol. The SMILES string of the molecule is C=C1C2=C(O)[C@@]3(O)C(O)=C(C(C)=O)C(=O)C[C@@]3(C)C[C@@]2(C)Cc2c(C(C)C)cc(CCC(=O)Cc3ccc(OC(C)(C)C)cc3)c(C)c21. The Bertz CT molecular complexity index is 1800. The molecule has 0 radical (unpaired) electrons. The number of ether oxygens (including phenoxy) is 1. The van der Waals surface area contributed by atoms with Crippen LogP contribution in [0.3, 0.4) is 0 Å². The first-order valence-electron chi connectivity index (χ1n) is 16.9. The maximum Gasteiger partial charge on any atom is 0.185 e. The molecule has 0 aromatic heterocycles. The first kappa shape index (κ1) is 35.3. The van der Waals surface area contributed by atoms with E-state index in [2.05, 4.69) is 26.5 Å². The van der Waals surface area contributed by atoms with Crippen molar-refractivity contribution in [1.29, 1.82) is 0 Å². The van der Waals surface area contributed by atoms with Gasteiger partial charge in [-0.1, -0.05) is 52.5 Å². The minimum absolute atomic E-state index is 0.124. The fourth-order valence-electron chi connectivity index (χ4n) is 8.62. The summed E-state index contributed by atoms with van der Waals surface area (Å²) in [6.07, 6.45) is 1.84. The quantitative estimate of drug-likeness (QED) is 0.247. The molecule has 5 rings (SSSR count). The minimum atomic E-state index is -2.31. The van der Waals surface area contributed by atoms with E-state index in [4.69, 9.17) is 4.74 Å². The summed E-state index contributed by atoms with van der Waals surface area (Å²) in [6.45, 7) is 21.6. The molecule has 0 heterocycles. The van der Waals surface area contributed by atoms with Crippen molar-refractivity contribution in [3.63, 3.8) is 0 Å². The summed E-state index contributed by atoms with van der Waals surface area (Å²) < 4.78 is 5.90. The molecule has 2 aromatic rings. The van der Waals surface area contributed by atoms with Gasteiger partial charge in [0.05, 0.1) is 0 Å². The zero-order valence-corrected chi connectivity index (χ0v) is 29.9. The molecule has 0 fully saturated rings. The lowest BCUT2D eigenvalue weighted by Crippen LogP contribution is -2.60. The molecule has 0 aliphatic heterocycles. The highest BCUT2D eigenvalue weighted by molar-refractivity contribution is 6.21. The van der Waals surface area contributed by atoms with Crippen LogP contribution in [-0.2, 0) is 33.6 Å². The van der Waals surface area contributed by atoms with Crippen molar-refractivity contribution in [3.8, 4) is 5.75 Å². The van der Waals surface area contributed by atoms with Crippen LogP contribution in [0.4, 0.5) is 0 Å². The Morgan fingerprint density at radius 1 is 1.04 bits per heavy atom. The second-order valence-corrected chi connectivity index (χ2v) is 16.1. The molecule has 7 heteroatoms. The standard InChI is InChI=1S/C41H50O7/c1-22(2)30-18-27(13-14-28(43)17-26-11-15-29(16-12-26)48-38(6,7)8)23(3)33-24(4)35-37(46)41(47)36(45)34(25(5)42)32(44)20-40(41,10)21-39(35,9)19-31(30)33/h11-12,15-16,18,22,45-47H,4,13-14,17,19-21H2,1-3,5-10H3/t39-,40+,41+/m1/s1. The van der Waals surface area contributed by atoms with Crippen LogP contribution in [0, 0.1) is 17.8 Å². The minimum Gasteiger partial charge on any atom is -0.508 e. The number of fused-ring (bicyclic) bond motifs is 3. The zero-order valence-electron chi connectivity index (χ0n) is 29.9. The first-order valence-corrected chi connectivity index (χ1v) is 16.9. The largest absolute Gasteiger partial charge is 0.508 e. The van der Waals surface area contributed by atoms with Crippen LogP contribution in [0.1, 0.15) is 114 Å². The van der Waals surface area contributed by atoms with Gasteiger partial charge in [-0.15, -0.1) is 0 Å². The normalized spacial score (nSPS) is 25.6. The second-order valence-electron chi connectivity index (χ2n) is 16.1.